The molecule has 1 rings (SSSR count). The fourth-order valence-corrected chi connectivity index (χ4v) is 1.29. The molecule has 0 aliphatic rings. The number of ether oxygens (including phenoxy) is 2. The van der Waals surface area contributed by atoms with Crippen molar-refractivity contribution in [2.45, 2.75) is 27.3 Å². The molecule has 0 atom stereocenters. The lowest BCUT2D eigenvalue weighted by Gasteiger charge is -2.01. The molecule has 0 N–H and O–H groups in total. The molecule has 0 aliphatic heterocycles. The second-order valence-corrected chi connectivity index (χ2v) is 3.19. The second kappa shape index (κ2) is 6.03. The molecule has 1 aromatic heterocycles. The van der Waals surface area contributed by atoms with Crippen LogP contribution in [0.2, 0.25) is 0 Å². The Morgan fingerprint density at radius 1 is 1.18 bits per heavy atom. The van der Waals surface area contributed by atoms with E-state index in [1.165, 1.54) is 10.9 Å². The minimum absolute atomic E-state index is 0.00662. The topological polar surface area (TPSA) is 70.4 Å². The minimum atomic E-state index is -0.609. The molecule has 1 heterocycles. The van der Waals surface area contributed by atoms with Gasteiger partial charge in [0.2, 0.25) is 0 Å². The zero-order valence-electron chi connectivity index (χ0n) is 10.2. The highest BCUT2D eigenvalue weighted by Crippen LogP contribution is 2.10. The Balaban J connectivity index is 3.05. The summed E-state index contributed by atoms with van der Waals surface area (Å²) in [6.45, 7) is 6.30. The number of esters is 2. The average Bonchev–Trinajstić information content (AvgIpc) is 2.73. The maximum Gasteiger partial charge on any atom is 0.359 e. The van der Waals surface area contributed by atoms with Crippen LogP contribution in [0, 0.1) is 0 Å². The van der Waals surface area contributed by atoms with Crippen molar-refractivity contribution in [1.82, 2.24) is 9.78 Å². The van der Waals surface area contributed by atoms with E-state index >= 15 is 0 Å². The van der Waals surface area contributed by atoms with E-state index in [4.69, 9.17) is 9.47 Å². The van der Waals surface area contributed by atoms with E-state index in [9.17, 15) is 9.59 Å². The molecule has 0 fully saturated rings. The molecule has 17 heavy (non-hydrogen) atoms. The molecule has 6 nitrogen and oxygen atoms in total. The smallest absolute Gasteiger partial charge is 0.359 e. The lowest BCUT2D eigenvalue weighted by atomic mass is 10.2. The summed E-state index contributed by atoms with van der Waals surface area (Å²) >= 11 is 0. The van der Waals surface area contributed by atoms with Crippen LogP contribution in [-0.4, -0.2) is 34.9 Å². The van der Waals surface area contributed by atoms with Gasteiger partial charge in [0, 0.05) is 12.7 Å². The molecule has 0 amide bonds. The number of carbonyl (C=O) groups is 2. The van der Waals surface area contributed by atoms with Gasteiger partial charge in [0.05, 0.1) is 13.2 Å². The molecule has 1 aromatic rings. The molecule has 0 unspecified atom stereocenters. The molecule has 0 saturated carbocycles. The highest BCUT2D eigenvalue weighted by molar-refractivity contribution is 6.01. The van der Waals surface area contributed by atoms with E-state index in [1.54, 1.807) is 13.8 Å². The van der Waals surface area contributed by atoms with E-state index in [1.807, 2.05) is 6.92 Å². The van der Waals surface area contributed by atoms with Crippen molar-refractivity contribution in [3.05, 3.63) is 17.5 Å². The first-order chi connectivity index (χ1) is 8.13. The van der Waals surface area contributed by atoms with Gasteiger partial charge in [-0.05, 0) is 20.8 Å². The van der Waals surface area contributed by atoms with E-state index in [0.717, 1.165) is 0 Å². The summed E-state index contributed by atoms with van der Waals surface area (Å²) in [6, 6.07) is 0. The van der Waals surface area contributed by atoms with Gasteiger partial charge in [-0.3, -0.25) is 4.68 Å². The quantitative estimate of drug-likeness (QED) is 0.724. The third-order valence-electron chi connectivity index (χ3n) is 2.05. The number of hydrogen-bond acceptors (Lipinski definition) is 5. The predicted molar refractivity (Wildman–Crippen MR) is 59.8 cm³/mol. The van der Waals surface area contributed by atoms with Gasteiger partial charge in [0.1, 0.15) is 5.56 Å². The van der Waals surface area contributed by atoms with Gasteiger partial charge < -0.3 is 9.47 Å². The number of rotatable bonds is 5. The Hall–Kier alpha value is -1.85. The van der Waals surface area contributed by atoms with Gasteiger partial charge in [-0.15, -0.1) is 0 Å². The molecular weight excluding hydrogens is 224 g/mol. The van der Waals surface area contributed by atoms with Gasteiger partial charge in [0.25, 0.3) is 0 Å². The Morgan fingerprint density at radius 2 is 1.76 bits per heavy atom. The molecule has 0 aliphatic carbocycles. The highest BCUT2D eigenvalue weighted by Gasteiger charge is 2.23. The molecule has 0 radical (unpaired) electrons. The number of aromatic nitrogens is 2. The van der Waals surface area contributed by atoms with Gasteiger partial charge in [-0.2, -0.15) is 5.10 Å². The maximum atomic E-state index is 11.6. The van der Waals surface area contributed by atoms with Crippen LogP contribution in [0.5, 0.6) is 0 Å². The first kappa shape index (κ1) is 13.2. The third kappa shape index (κ3) is 3.05. The summed E-state index contributed by atoms with van der Waals surface area (Å²) in [7, 11) is 0. The van der Waals surface area contributed by atoms with Gasteiger partial charge in [0.15, 0.2) is 5.69 Å². The van der Waals surface area contributed by atoms with Gasteiger partial charge >= 0.3 is 11.9 Å². The molecule has 0 aromatic carbocycles. The average molecular weight is 240 g/mol. The summed E-state index contributed by atoms with van der Waals surface area (Å²) in [5, 5.41) is 3.99. The first-order valence-corrected chi connectivity index (χ1v) is 5.55. The van der Waals surface area contributed by atoms with Crippen LogP contribution >= 0.6 is 0 Å². The number of aryl methyl sites for hydroxylation is 1. The Bertz CT molecular complexity index is 376. The number of carbonyl (C=O) groups excluding carboxylic acids is 2. The highest BCUT2D eigenvalue weighted by atomic mass is 16.5. The lowest BCUT2D eigenvalue weighted by Crippen LogP contribution is -2.13. The molecule has 0 bridgehead atoms. The van der Waals surface area contributed by atoms with Crippen LogP contribution in [0.15, 0.2) is 6.20 Å². The van der Waals surface area contributed by atoms with Crippen molar-refractivity contribution >= 4 is 11.9 Å². The first-order valence-electron chi connectivity index (χ1n) is 5.55. The molecular formula is C11H16N2O4. The van der Waals surface area contributed by atoms with Crippen molar-refractivity contribution in [3.63, 3.8) is 0 Å². The summed E-state index contributed by atoms with van der Waals surface area (Å²) in [5.41, 5.74) is 0.152. The van der Waals surface area contributed by atoms with Crippen molar-refractivity contribution < 1.29 is 19.1 Å². The van der Waals surface area contributed by atoms with Crippen LogP contribution in [-0.2, 0) is 16.0 Å². The Morgan fingerprint density at radius 3 is 2.29 bits per heavy atom. The largest absolute Gasteiger partial charge is 0.462 e. The van der Waals surface area contributed by atoms with Gasteiger partial charge in [-0.1, -0.05) is 0 Å². The fraction of sp³-hybridized carbons (Fsp3) is 0.545. The van der Waals surface area contributed by atoms with Crippen molar-refractivity contribution in [2.24, 2.45) is 0 Å². The standard InChI is InChI=1S/C11H16N2O4/c1-4-13-7-8(10(14)16-5-2)9(12-13)11(15)17-6-3/h7H,4-6H2,1-3H3. The van der Waals surface area contributed by atoms with Crippen LogP contribution in [0.4, 0.5) is 0 Å². The fourth-order valence-electron chi connectivity index (χ4n) is 1.29. The minimum Gasteiger partial charge on any atom is -0.462 e. The number of hydrogen-bond donors (Lipinski definition) is 0. The summed E-state index contributed by atoms with van der Waals surface area (Å²) in [6.07, 6.45) is 1.49. The predicted octanol–water partition coefficient (Wildman–Crippen LogP) is 1.26. The zero-order chi connectivity index (χ0) is 12.8. The van der Waals surface area contributed by atoms with E-state index < -0.39 is 11.9 Å². The maximum absolute atomic E-state index is 11.6. The van der Waals surface area contributed by atoms with Gasteiger partial charge in [-0.25, -0.2) is 9.59 Å². The molecule has 0 saturated heterocycles. The van der Waals surface area contributed by atoms with Crippen LogP contribution < -0.4 is 0 Å². The monoisotopic (exact) mass is 240 g/mol. The summed E-state index contributed by atoms with van der Waals surface area (Å²) in [4.78, 5) is 23.2. The Kier molecular flexibility index (Phi) is 4.68. The van der Waals surface area contributed by atoms with Crippen LogP contribution in [0.1, 0.15) is 41.6 Å². The normalized spacial score (nSPS) is 10.1. The van der Waals surface area contributed by atoms with Crippen molar-refractivity contribution in [3.8, 4) is 0 Å². The SMILES string of the molecule is CCOC(=O)c1cn(CC)nc1C(=O)OCC. The lowest BCUT2D eigenvalue weighted by molar-refractivity contribution is 0.0475. The molecule has 6 heteroatoms. The van der Waals surface area contributed by atoms with Crippen LogP contribution in [0.25, 0.3) is 0 Å². The summed E-state index contributed by atoms with van der Waals surface area (Å²) in [5.74, 6) is -1.17. The third-order valence-corrected chi connectivity index (χ3v) is 2.05. The van der Waals surface area contributed by atoms with Crippen molar-refractivity contribution in [2.75, 3.05) is 13.2 Å². The zero-order valence-corrected chi connectivity index (χ0v) is 10.2. The van der Waals surface area contributed by atoms with Crippen molar-refractivity contribution in [1.29, 1.82) is 0 Å². The van der Waals surface area contributed by atoms with E-state index in [-0.39, 0.29) is 24.5 Å². The van der Waals surface area contributed by atoms with E-state index in [0.29, 0.717) is 6.54 Å². The Labute approximate surface area is 99.5 Å². The number of nitrogens with zero attached hydrogens (tertiary/aromatic N) is 2. The second-order valence-electron chi connectivity index (χ2n) is 3.19. The summed E-state index contributed by atoms with van der Waals surface area (Å²) < 4.78 is 11.2. The molecule has 0 spiro atoms. The van der Waals surface area contributed by atoms with Crippen LogP contribution in [0.3, 0.4) is 0 Å². The molecule has 94 valence electrons. The van der Waals surface area contributed by atoms with E-state index in [2.05, 4.69) is 5.10 Å².